The molecule has 0 spiro atoms. The van der Waals surface area contributed by atoms with Gasteiger partial charge in [0.2, 0.25) is 5.91 Å². The minimum absolute atomic E-state index is 0.0562. The number of amides is 1. The van der Waals surface area contributed by atoms with Gasteiger partial charge in [0, 0.05) is 22.6 Å². The van der Waals surface area contributed by atoms with Crippen LogP contribution >= 0.6 is 11.8 Å². The predicted molar refractivity (Wildman–Crippen MR) is 94.8 cm³/mol. The summed E-state index contributed by atoms with van der Waals surface area (Å²) in [6, 6.07) is 7.92. The van der Waals surface area contributed by atoms with E-state index in [2.05, 4.69) is 20.5 Å². The largest absolute Gasteiger partial charge is 0.411 e. The van der Waals surface area contributed by atoms with E-state index in [0.29, 0.717) is 11.1 Å². The number of H-pyrrole nitrogens is 1. The number of para-hydroxylation sites is 1. The number of aromatic nitrogens is 3. The van der Waals surface area contributed by atoms with Crippen LogP contribution in [-0.4, -0.2) is 31.9 Å². The van der Waals surface area contributed by atoms with Crippen molar-refractivity contribution in [3.05, 3.63) is 30.5 Å². The highest BCUT2D eigenvalue weighted by molar-refractivity contribution is 8.00. The number of aromatic amines is 1. The molecule has 3 rings (SSSR count). The highest BCUT2D eigenvalue weighted by Crippen LogP contribution is 2.30. The fraction of sp³-hybridized carbons (Fsp3) is 0.353. The Bertz CT molecular complexity index is 863. The summed E-state index contributed by atoms with van der Waals surface area (Å²) in [7, 11) is 0. The fourth-order valence-corrected chi connectivity index (χ4v) is 2.97. The molecular weight excluding hydrogens is 324 g/mol. The summed E-state index contributed by atoms with van der Waals surface area (Å²) in [4.78, 5) is 15.3. The normalized spacial score (nSPS) is 13.2. The van der Waals surface area contributed by atoms with E-state index in [0.717, 1.165) is 16.5 Å². The molecule has 7 heteroatoms. The van der Waals surface area contributed by atoms with Crippen molar-refractivity contribution in [2.45, 2.75) is 43.7 Å². The Morgan fingerprint density at radius 2 is 2.04 bits per heavy atom. The number of fused-ring (bicyclic) bond motifs is 1. The van der Waals surface area contributed by atoms with E-state index in [-0.39, 0.29) is 16.7 Å². The Kier molecular flexibility index (Phi) is 4.36. The van der Waals surface area contributed by atoms with Crippen molar-refractivity contribution in [3.8, 4) is 11.5 Å². The average Bonchev–Trinajstić information content (AvgIpc) is 3.11. The zero-order valence-corrected chi connectivity index (χ0v) is 14.9. The predicted octanol–water partition coefficient (Wildman–Crippen LogP) is 3.61. The Hall–Kier alpha value is -2.28. The van der Waals surface area contributed by atoms with Crippen LogP contribution in [0.4, 0.5) is 0 Å². The lowest BCUT2D eigenvalue weighted by Gasteiger charge is -2.22. The van der Waals surface area contributed by atoms with E-state index in [1.54, 1.807) is 0 Å². The van der Waals surface area contributed by atoms with Crippen LogP contribution in [0.3, 0.4) is 0 Å². The summed E-state index contributed by atoms with van der Waals surface area (Å²) in [6.07, 6.45) is 1.85. The molecule has 1 atom stereocenters. The number of nitrogens with zero attached hydrogens (tertiary/aromatic N) is 2. The minimum Gasteiger partial charge on any atom is -0.411 e. The lowest BCUT2D eigenvalue weighted by molar-refractivity contribution is -0.121. The van der Waals surface area contributed by atoms with E-state index in [9.17, 15) is 4.79 Å². The molecule has 0 aliphatic carbocycles. The van der Waals surface area contributed by atoms with Gasteiger partial charge in [0.1, 0.15) is 0 Å². The fourth-order valence-electron chi connectivity index (χ4n) is 2.29. The van der Waals surface area contributed by atoms with Crippen LogP contribution in [0.15, 0.2) is 40.1 Å². The second-order valence-electron chi connectivity index (χ2n) is 6.62. The van der Waals surface area contributed by atoms with Gasteiger partial charge in [-0.25, -0.2) is 0 Å². The molecule has 24 heavy (non-hydrogen) atoms. The molecule has 0 unspecified atom stereocenters. The van der Waals surface area contributed by atoms with Gasteiger partial charge >= 0.3 is 0 Å². The Labute approximate surface area is 144 Å². The SMILES string of the molecule is C[C@@H](Sc1nnc(-c2c[nH]c3ccccc23)o1)C(=O)NC(C)(C)C. The van der Waals surface area contributed by atoms with E-state index in [4.69, 9.17) is 4.42 Å². The minimum atomic E-state index is -0.319. The smallest absolute Gasteiger partial charge is 0.277 e. The average molecular weight is 344 g/mol. The van der Waals surface area contributed by atoms with Gasteiger partial charge in [-0.15, -0.1) is 10.2 Å². The summed E-state index contributed by atoms with van der Waals surface area (Å²) in [5.74, 6) is 0.387. The molecule has 0 bridgehead atoms. The van der Waals surface area contributed by atoms with Crippen LogP contribution in [0.5, 0.6) is 0 Å². The van der Waals surface area contributed by atoms with Crippen LogP contribution in [0.25, 0.3) is 22.4 Å². The second-order valence-corrected chi connectivity index (χ2v) is 7.91. The molecule has 2 N–H and O–H groups in total. The quantitative estimate of drug-likeness (QED) is 0.706. The van der Waals surface area contributed by atoms with Crippen molar-refractivity contribution in [3.63, 3.8) is 0 Å². The Morgan fingerprint density at radius 3 is 2.79 bits per heavy atom. The van der Waals surface area contributed by atoms with Crippen LogP contribution in [0, 0.1) is 0 Å². The first-order valence-corrected chi connectivity index (χ1v) is 8.60. The third-order valence-electron chi connectivity index (χ3n) is 3.37. The number of carbonyl (C=O) groups excluding carboxylic acids is 1. The van der Waals surface area contributed by atoms with E-state index >= 15 is 0 Å². The number of benzene rings is 1. The molecule has 1 aromatic carbocycles. The number of nitrogens with one attached hydrogen (secondary N) is 2. The lowest BCUT2D eigenvalue weighted by Crippen LogP contribution is -2.44. The van der Waals surface area contributed by atoms with E-state index < -0.39 is 0 Å². The van der Waals surface area contributed by atoms with Crippen molar-refractivity contribution in [2.75, 3.05) is 0 Å². The van der Waals surface area contributed by atoms with Crippen LogP contribution in [0.1, 0.15) is 27.7 Å². The van der Waals surface area contributed by atoms with Crippen LogP contribution in [-0.2, 0) is 4.79 Å². The van der Waals surface area contributed by atoms with Crippen molar-refractivity contribution in [2.24, 2.45) is 0 Å². The van der Waals surface area contributed by atoms with Gasteiger partial charge in [-0.05, 0) is 33.8 Å². The number of carbonyl (C=O) groups is 1. The molecule has 1 amide bonds. The molecule has 0 saturated heterocycles. The van der Waals surface area contributed by atoms with Gasteiger partial charge in [0.25, 0.3) is 11.1 Å². The van der Waals surface area contributed by atoms with Gasteiger partial charge in [-0.2, -0.15) is 0 Å². The third-order valence-corrected chi connectivity index (χ3v) is 4.31. The highest BCUT2D eigenvalue weighted by Gasteiger charge is 2.23. The Balaban J connectivity index is 1.75. The van der Waals surface area contributed by atoms with Crippen molar-refractivity contribution < 1.29 is 9.21 Å². The van der Waals surface area contributed by atoms with Crippen LogP contribution < -0.4 is 5.32 Å². The van der Waals surface area contributed by atoms with E-state index in [1.807, 2.05) is 58.2 Å². The van der Waals surface area contributed by atoms with Gasteiger partial charge in [0.15, 0.2) is 0 Å². The monoisotopic (exact) mass is 344 g/mol. The molecule has 0 aliphatic rings. The first-order valence-electron chi connectivity index (χ1n) is 7.72. The number of hydrogen-bond donors (Lipinski definition) is 2. The summed E-state index contributed by atoms with van der Waals surface area (Å²) in [5.41, 5.74) is 1.60. The molecule has 126 valence electrons. The van der Waals surface area contributed by atoms with Gasteiger partial charge in [-0.1, -0.05) is 30.0 Å². The van der Waals surface area contributed by atoms with Crippen molar-refractivity contribution in [1.29, 1.82) is 0 Å². The lowest BCUT2D eigenvalue weighted by atomic mass is 10.1. The molecular formula is C17H20N4O2S. The first-order chi connectivity index (χ1) is 11.3. The maximum atomic E-state index is 12.1. The van der Waals surface area contributed by atoms with Gasteiger partial charge < -0.3 is 14.7 Å². The zero-order chi connectivity index (χ0) is 17.3. The molecule has 0 aliphatic heterocycles. The molecule has 3 aromatic rings. The standard InChI is InChI=1S/C17H20N4O2S/c1-10(14(22)19-17(2,3)4)24-16-21-20-15(23-16)12-9-18-13-8-6-5-7-11(12)13/h5-10,18H,1-4H3,(H,19,22)/t10-/m1/s1. The number of hydrogen-bond acceptors (Lipinski definition) is 5. The summed E-state index contributed by atoms with van der Waals surface area (Å²) in [6.45, 7) is 7.67. The summed E-state index contributed by atoms with van der Waals surface area (Å²) in [5, 5.41) is 12.2. The Morgan fingerprint density at radius 1 is 1.29 bits per heavy atom. The molecule has 2 aromatic heterocycles. The summed E-state index contributed by atoms with van der Waals surface area (Å²) < 4.78 is 5.73. The highest BCUT2D eigenvalue weighted by atomic mass is 32.2. The zero-order valence-electron chi connectivity index (χ0n) is 14.1. The second kappa shape index (κ2) is 6.32. The van der Waals surface area contributed by atoms with Crippen molar-refractivity contribution >= 4 is 28.6 Å². The maximum absolute atomic E-state index is 12.1. The first kappa shape index (κ1) is 16.6. The molecule has 0 fully saturated rings. The van der Waals surface area contributed by atoms with Gasteiger partial charge in [0.05, 0.1) is 10.8 Å². The molecule has 0 saturated carbocycles. The maximum Gasteiger partial charge on any atom is 0.277 e. The molecule has 2 heterocycles. The molecule has 6 nitrogen and oxygen atoms in total. The number of rotatable bonds is 4. The molecule has 0 radical (unpaired) electrons. The van der Waals surface area contributed by atoms with Gasteiger partial charge in [-0.3, -0.25) is 4.79 Å². The topological polar surface area (TPSA) is 83.8 Å². The van der Waals surface area contributed by atoms with Crippen LogP contribution in [0.2, 0.25) is 0 Å². The van der Waals surface area contributed by atoms with Crippen molar-refractivity contribution in [1.82, 2.24) is 20.5 Å². The summed E-state index contributed by atoms with van der Waals surface area (Å²) >= 11 is 1.25. The number of thioether (sulfide) groups is 1. The third kappa shape index (κ3) is 3.62. The van der Waals surface area contributed by atoms with E-state index in [1.165, 1.54) is 11.8 Å².